The Morgan fingerprint density at radius 1 is 1.07 bits per heavy atom. The molecule has 2 rings (SSSR count). The molecule has 1 unspecified atom stereocenters. The Labute approximate surface area is 171 Å². The topological polar surface area (TPSA) is 84.9 Å². The lowest BCUT2D eigenvalue weighted by Crippen LogP contribution is -2.42. The molecule has 0 saturated heterocycles. The monoisotopic (exact) mass is 399 g/mol. The van der Waals surface area contributed by atoms with Gasteiger partial charge in [0.15, 0.2) is 11.5 Å². The van der Waals surface area contributed by atoms with Crippen molar-refractivity contribution >= 4 is 11.9 Å². The first-order chi connectivity index (χ1) is 13.7. The molecule has 0 bridgehead atoms. The minimum absolute atomic E-state index is 0.0210. The number of phenols is 1. The summed E-state index contributed by atoms with van der Waals surface area (Å²) in [5.74, 6) is -0.179. The van der Waals surface area contributed by atoms with Crippen LogP contribution in [-0.2, 0) is 27.2 Å². The Kier molecular flexibility index (Phi) is 7.65. The number of rotatable bonds is 8. The minimum atomic E-state index is -0.607. The Morgan fingerprint density at radius 3 is 2.38 bits per heavy atom. The number of benzene rings is 2. The molecule has 1 amide bonds. The van der Waals surface area contributed by atoms with Crippen molar-refractivity contribution in [1.29, 1.82) is 0 Å². The molecule has 156 valence electrons. The quantitative estimate of drug-likeness (QED) is 0.666. The van der Waals surface area contributed by atoms with Crippen LogP contribution in [0, 0.1) is 5.41 Å². The van der Waals surface area contributed by atoms with Gasteiger partial charge in [-0.1, -0.05) is 36.4 Å². The molecule has 2 aromatic rings. The number of hydrogen-bond donors (Lipinski definition) is 2. The predicted molar refractivity (Wildman–Crippen MR) is 111 cm³/mol. The van der Waals surface area contributed by atoms with Crippen LogP contribution >= 0.6 is 0 Å². The number of phenolic OH excluding ortho intramolecular Hbond substituents is 1. The van der Waals surface area contributed by atoms with Crippen molar-refractivity contribution < 1.29 is 24.2 Å². The molecule has 0 aliphatic rings. The van der Waals surface area contributed by atoms with Crippen molar-refractivity contribution in [3.05, 3.63) is 59.7 Å². The molecule has 0 aliphatic heterocycles. The molecule has 6 heteroatoms. The third-order valence-electron chi connectivity index (χ3n) is 4.33. The number of carbonyl (C=O) groups is 2. The van der Waals surface area contributed by atoms with E-state index in [0.717, 1.165) is 5.56 Å². The van der Waals surface area contributed by atoms with Crippen molar-refractivity contribution in [2.75, 3.05) is 13.7 Å². The summed E-state index contributed by atoms with van der Waals surface area (Å²) < 4.78 is 10.5. The molecule has 2 aromatic carbocycles. The first kappa shape index (κ1) is 22.3. The van der Waals surface area contributed by atoms with Gasteiger partial charge in [-0.15, -0.1) is 0 Å². The Balaban J connectivity index is 2.05. The van der Waals surface area contributed by atoms with E-state index in [1.807, 2.05) is 30.3 Å². The fourth-order valence-corrected chi connectivity index (χ4v) is 2.74. The maximum absolute atomic E-state index is 12.6. The number of esters is 1. The molecule has 0 saturated carbocycles. The van der Waals surface area contributed by atoms with Crippen LogP contribution in [0.4, 0.5) is 0 Å². The van der Waals surface area contributed by atoms with Crippen LogP contribution in [0.15, 0.2) is 48.5 Å². The summed E-state index contributed by atoms with van der Waals surface area (Å²) >= 11 is 0. The van der Waals surface area contributed by atoms with Crippen LogP contribution < -0.4 is 10.1 Å². The normalized spacial score (nSPS) is 12.1. The third kappa shape index (κ3) is 7.14. The van der Waals surface area contributed by atoms with E-state index in [9.17, 15) is 14.7 Å². The van der Waals surface area contributed by atoms with E-state index in [2.05, 4.69) is 5.32 Å². The number of carbonyl (C=O) groups excluding carboxylic acids is 2. The summed E-state index contributed by atoms with van der Waals surface area (Å²) in [7, 11) is 1.46. The largest absolute Gasteiger partial charge is 0.504 e. The fraction of sp³-hybridized carbons (Fsp3) is 0.391. The first-order valence-corrected chi connectivity index (χ1v) is 9.55. The van der Waals surface area contributed by atoms with Gasteiger partial charge in [0.05, 0.1) is 25.0 Å². The van der Waals surface area contributed by atoms with Crippen molar-refractivity contribution in [2.24, 2.45) is 5.41 Å². The predicted octanol–water partition coefficient (Wildman–Crippen LogP) is 3.26. The van der Waals surface area contributed by atoms with Crippen molar-refractivity contribution in [3.8, 4) is 11.5 Å². The third-order valence-corrected chi connectivity index (χ3v) is 4.33. The molecule has 1 atom stereocenters. The number of ether oxygens (including phenoxy) is 2. The summed E-state index contributed by atoms with van der Waals surface area (Å²) in [6.45, 7) is 5.46. The number of methoxy groups -OCH3 is 1. The highest BCUT2D eigenvalue weighted by atomic mass is 16.5. The van der Waals surface area contributed by atoms with E-state index in [1.165, 1.54) is 13.2 Å². The van der Waals surface area contributed by atoms with Gasteiger partial charge in [-0.25, -0.2) is 0 Å². The Morgan fingerprint density at radius 2 is 1.76 bits per heavy atom. The van der Waals surface area contributed by atoms with Crippen LogP contribution in [0.25, 0.3) is 0 Å². The van der Waals surface area contributed by atoms with Crippen LogP contribution in [0.3, 0.4) is 0 Å². The van der Waals surface area contributed by atoms with Crippen molar-refractivity contribution in [2.45, 2.75) is 39.7 Å². The number of hydrogen-bond acceptors (Lipinski definition) is 5. The van der Waals surface area contributed by atoms with Gasteiger partial charge >= 0.3 is 5.97 Å². The molecule has 2 N–H and O–H groups in total. The highest BCUT2D eigenvalue weighted by molar-refractivity contribution is 5.79. The van der Waals surface area contributed by atoms with Gasteiger partial charge in [-0.05, 0) is 50.5 Å². The van der Waals surface area contributed by atoms with Gasteiger partial charge < -0.3 is 19.9 Å². The maximum atomic E-state index is 12.6. The zero-order valence-electron chi connectivity index (χ0n) is 17.4. The molecule has 0 aliphatic carbocycles. The van der Waals surface area contributed by atoms with Crippen molar-refractivity contribution in [3.63, 3.8) is 0 Å². The second kappa shape index (κ2) is 9.96. The lowest BCUT2D eigenvalue weighted by atomic mass is 9.97. The molecule has 0 fully saturated rings. The molecule has 0 heterocycles. The Bertz CT molecular complexity index is 827. The lowest BCUT2D eigenvalue weighted by molar-refractivity contribution is -0.154. The van der Waals surface area contributed by atoms with Crippen LogP contribution in [0.2, 0.25) is 0 Å². The van der Waals surface area contributed by atoms with Gasteiger partial charge in [0.2, 0.25) is 5.91 Å². The lowest BCUT2D eigenvalue weighted by Gasteiger charge is -2.22. The average molecular weight is 399 g/mol. The van der Waals surface area contributed by atoms with E-state index in [0.29, 0.717) is 17.7 Å². The molecular formula is C23H29NO5. The molecule has 6 nitrogen and oxygen atoms in total. The van der Waals surface area contributed by atoms with Crippen LogP contribution in [0.5, 0.6) is 11.5 Å². The van der Waals surface area contributed by atoms with Gasteiger partial charge in [-0.2, -0.15) is 0 Å². The van der Waals surface area contributed by atoms with E-state index in [-0.39, 0.29) is 36.7 Å². The summed E-state index contributed by atoms with van der Waals surface area (Å²) in [5, 5.41) is 12.6. The minimum Gasteiger partial charge on any atom is -0.504 e. The maximum Gasteiger partial charge on any atom is 0.311 e. The number of nitrogens with one attached hydrogen (secondary N) is 1. The zero-order valence-corrected chi connectivity index (χ0v) is 17.4. The molecule has 29 heavy (non-hydrogen) atoms. The van der Waals surface area contributed by atoms with Gasteiger partial charge in [-0.3, -0.25) is 9.59 Å². The number of amides is 1. The van der Waals surface area contributed by atoms with E-state index >= 15 is 0 Å². The molecule has 0 spiro atoms. The highest BCUT2D eigenvalue weighted by Gasteiger charge is 2.25. The van der Waals surface area contributed by atoms with Crippen LogP contribution in [0.1, 0.15) is 31.9 Å². The molecular weight excluding hydrogens is 370 g/mol. The van der Waals surface area contributed by atoms with Crippen LogP contribution in [-0.4, -0.2) is 36.7 Å². The smallest absolute Gasteiger partial charge is 0.311 e. The van der Waals surface area contributed by atoms with E-state index in [4.69, 9.17) is 9.47 Å². The van der Waals surface area contributed by atoms with Crippen molar-refractivity contribution in [1.82, 2.24) is 5.32 Å². The van der Waals surface area contributed by atoms with Gasteiger partial charge in [0, 0.05) is 0 Å². The SMILES string of the molecule is COc1cc(CC(=O)NC(COC(=O)C(C)(C)C)Cc2ccccc2)ccc1O. The summed E-state index contributed by atoms with van der Waals surface area (Å²) in [4.78, 5) is 24.7. The van der Waals surface area contributed by atoms with E-state index < -0.39 is 5.41 Å². The Hall–Kier alpha value is -3.02. The summed E-state index contributed by atoms with van der Waals surface area (Å²) in [5.41, 5.74) is 1.14. The van der Waals surface area contributed by atoms with Gasteiger partial charge in [0.25, 0.3) is 0 Å². The van der Waals surface area contributed by atoms with E-state index in [1.54, 1.807) is 32.9 Å². The molecule has 0 radical (unpaired) electrons. The second-order valence-corrected chi connectivity index (χ2v) is 7.99. The second-order valence-electron chi connectivity index (χ2n) is 7.99. The molecule has 0 aromatic heterocycles. The highest BCUT2D eigenvalue weighted by Crippen LogP contribution is 2.26. The summed E-state index contributed by atoms with van der Waals surface area (Å²) in [6.07, 6.45) is 0.665. The zero-order chi connectivity index (χ0) is 21.4. The fourth-order valence-electron chi connectivity index (χ4n) is 2.74. The summed E-state index contributed by atoms with van der Waals surface area (Å²) in [6, 6.07) is 14.2. The number of aromatic hydroxyl groups is 1. The average Bonchev–Trinajstić information content (AvgIpc) is 2.67. The first-order valence-electron chi connectivity index (χ1n) is 9.55. The van der Waals surface area contributed by atoms with Gasteiger partial charge in [0.1, 0.15) is 6.61 Å². The standard InChI is InChI=1S/C23H29NO5/c1-23(2,3)22(27)29-15-18(12-16-8-6-5-7-9-16)24-21(26)14-17-10-11-19(25)20(13-17)28-4/h5-11,13,18,25H,12,14-15H2,1-4H3,(H,24,26).